The first-order valence-corrected chi connectivity index (χ1v) is 13.0. The van der Waals surface area contributed by atoms with Crippen LogP contribution >= 0.6 is 11.8 Å². The quantitative estimate of drug-likeness (QED) is 0.363. The highest BCUT2D eigenvalue weighted by Gasteiger charge is 2.45. The second kappa shape index (κ2) is 11.7. The predicted molar refractivity (Wildman–Crippen MR) is 128 cm³/mol. The Morgan fingerprint density at radius 2 is 1.97 bits per heavy atom. The largest absolute Gasteiger partial charge is 0.573 e. The zero-order valence-corrected chi connectivity index (χ0v) is 21.4. The van der Waals surface area contributed by atoms with Crippen molar-refractivity contribution in [1.82, 2.24) is 35.0 Å². The highest BCUT2D eigenvalue weighted by atomic mass is 32.2. The monoisotopic (exact) mass is 541 g/mol. The van der Waals surface area contributed by atoms with Gasteiger partial charge in [-0.2, -0.15) is 5.10 Å². The van der Waals surface area contributed by atoms with E-state index in [2.05, 4.69) is 37.3 Å². The number of nitrogens with zero attached hydrogens (tertiary/aromatic N) is 7. The molecule has 1 aliphatic rings. The number of hydrogen-bond acceptors (Lipinski definition) is 9. The number of thioether (sulfide) groups is 1. The summed E-state index contributed by atoms with van der Waals surface area (Å²) in [5.41, 5.74) is -0.282. The molecule has 1 aliphatic carbocycles. The van der Waals surface area contributed by atoms with E-state index in [9.17, 15) is 18.3 Å². The van der Waals surface area contributed by atoms with Crippen molar-refractivity contribution in [3.8, 4) is 11.5 Å². The number of ether oxygens (including phenoxy) is 2. The summed E-state index contributed by atoms with van der Waals surface area (Å²) in [6, 6.07) is 5.35. The number of hydrogen-bond donors (Lipinski definition) is 1. The average molecular weight is 542 g/mol. The van der Waals surface area contributed by atoms with Crippen molar-refractivity contribution in [1.29, 1.82) is 0 Å². The standard InChI is InChI=1S/C23H30F3N7O3S/c1-22(10-12-37-21-29-30-31-32(21)2)9-7-16(19(20(22)34)13-33-15-27-14-28-33)8-11-35-17-3-5-18(6-4-17)36-23(24,25)26/h3-6,14-16,19-20,34H,7-13H2,1-2H3/t16-,19+,20-,22+/m1/s1. The maximum absolute atomic E-state index is 12.4. The van der Waals surface area contributed by atoms with Crippen LogP contribution in [0.1, 0.15) is 32.6 Å². The van der Waals surface area contributed by atoms with Crippen LogP contribution in [-0.4, -0.2) is 64.9 Å². The number of tetrazole rings is 1. The summed E-state index contributed by atoms with van der Waals surface area (Å²) in [5.74, 6) is 1.05. The van der Waals surface area contributed by atoms with Crippen LogP contribution in [0.5, 0.6) is 11.5 Å². The lowest BCUT2D eigenvalue weighted by Gasteiger charge is -2.47. The topological polar surface area (TPSA) is 113 Å². The molecular weight excluding hydrogens is 511 g/mol. The lowest BCUT2D eigenvalue weighted by molar-refractivity contribution is -0.274. The molecule has 4 rings (SSSR count). The molecule has 0 amide bonds. The highest BCUT2D eigenvalue weighted by molar-refractivity contribution is 7.99. The number of halogens is 3. The fourth-order valence-corrected chi connectivity index (χ4v) is 5.93. The van der Waals surface area contributed by atoms with Crippen LogP contribution in [0.3, 0.4) is 0 Å². The van der Waals surface area contributed by atoms with E-state index in [1.165, 1.54) is 30.6 Å². The van der Waals surface area contributed by atoms with Crippen LogP contribution in [0.2, 0.25) is 0 Å². The molecule has 3 aromatic rings. The summed E-state index contributed by atoms with van der Waals surface area (Å²) in [4.78, 5) is 4.03. The summed E-state index contributed by atoms with van der Waals surface area (Å²) < 4.78 is 50.2. The average Bonchev–Trinajstić information content (AvgIpc) is 3.51. The maximum atomic E-state index is 12.4. The molecule has 0 unspecified atom stereocenters. The van der Waals surface area contributed by atoms with E-state index in [1.807, 2.05) is 0 Å². The van der Waals surface area contributed by atoms with Crippen molar-refractivity contribution in [2.45, 2.75) is 56.8 Å². The van der Waals surface area contributed by atoms with Gasteiger partial charge in [0.2, 0.25) is 5.16 Å². The molecule has 37 heavy (non-hydrogen) atoms. The van der Waals surface area contributed by atoms with E-state index in [4.69, 9.17) is 4.74 Å². The fraction of sp³-hybridized carbons (Fsp3) is 0.609. The number of aliphatic hydroxyl groups excluding tert-OH is 1. The van der Waals surface area contributed by atoms with Crippen molar-refractivity contribution in [3.05, 3.63) is 36.9 Å². The van der Waals surface area contributed by atoms with Gasteiger partial charge in [-0.25, -0.2) is 9.67 Å². The molecule has 4 atom stereocenters. The predicted octanol–water partition coefficient (Wildman–Crippen LogP) is 3.75. The number of alkyl halides is 3. The Balaban J connectivity index is 1.35. The van der Waals surface area contributed by atoms with Gasteiger partial charge in [0.15, 0.2) is 0 Å². The van der Waals surface area contributed by atoms with Gasteiger partial charge in [-0.15, -0.1) is 18.3 Å². The second-order valence-corrected chi connectivity index (χ2v) is 10.6. The molecule has 0 bridgehead atoms. The van der Waals surface area contributed by atoms with E-state index in [0.29, 0.717) is 25.3 Å². The Kier molecular flexibility index (Phi) is 8.57. The molecule has 1 saturated carbocycles. The van der Waals surface area contributed by atoms with Gasteiger partial charge in [0.1, 0.15) is 24.2 Å². The van der Waals surface area contributed by atoms with Gasteiger partial charge >= 0.3 is 6.36 Å². The molecule has 0 spiro atoms. The van der Waals surface area contributed by atoms with Crippen molar-refractivity contribution >= 4 is 11.8 Å². The maximum Gasteiger partial charge on any atom is 0.573 e. The highest BCUT2D eigenvalue weighted by Crippen LogP contribution is 2.47. The smallest absolute Gasteiger partial charge is 0.494 e. The number of aliphatic hydroxyl groups is 1. The van der Waals surface area contributed by atoms with Gasteiger partial charge in [0, 0.05) is 25.3 Å². The first-order chi connectivity index (χ1) is 17.6. The van der Waals surface area contributed by atoms with Crippen LogP contribution < -0.4 is 9.47 Å². The summed E-state index contributed by atoms with van der Waals surface area (Å²) in [6.07, 6.45) is 1.08. The lowest BCUT2D eigenvalue weighted by Crippen LogP contribution is -2.48. The molecule has 2 heterocycles. The SMILES string of the molecule is Cn1nnnc1SCC[C@]1(C)CC[C@H](CCOc2ccc(OC(F)(F)F)cc2)[C@H](Cn2cncn2)[C@H]1O. The summed E-state index contributed by atoms with van der Waals surface area (Å²) in [6.45, 7) is 3.03. The van der Waals surface area contributed by atoms with Crippen LogP contribution in [-0.2, 0) is 13.6 Å². The van der Waals surface area contributed by atoms with Gasteiger partial charge in [0.05, 0.1) is 12.7 Å². The van der Waals surface area contributed by atoms with Gasteiger partial charge in [-0.3, -0.25) is 4.68 Å². The first kappa shape index (κ1) is 27.2. The zero-order valence-electron chi connectivity index (χ0n) is 20.6. The van der Waals surface area contributed by atoms with E-state index in [-0.39, 0.29) is 23.0 Å². The van der Waals surface area contributed by atoms with E-state index < -0.39 is 12.5 Å². The molecule has 0 saturated heterocycles. The zero-order chi connectivity index (χ0) is 26.5. The molecule has 0 aliphatic heterocycles. The molecule has 2 aromatic heterocycles. The first-order valence-electron chi connectivity index (χ1n) is 12.0. The van der Waals surface area contributed by atoms with Crippen LogP contribution in [0.25, 0.3) is 0 Å². The Morgan fingerprint density at radius 1 is 1.22 bits per heavy atom. The van der Waals surface area contributed by atoms with Gasteiger partial charge < -0.3 is 14.6 Å². The fourth-order valence-electron chi connectivity index (χ4n) is 4.86. The molecule has 1 aromatic carbocycles. The molecule has 14 heteroatoms. The normalized spacial score (nSPS) is 24.2. The minimum absolute atomic E-state index is 0.0619. The second-order valence-electron chi connectivity index (χ2n) is 9.52. The van der Waals surface area contributed by atoms with Crippen LogP contribution in [0.4, 0.5) is 13.2 Å². The molecule has 1 N–H and O–H groups in total. The van der Waals surface area contributed by atoms with E-state index in [0.717, 1.165) is 30.2 Å². The third-order valence-electron chi connectivity index (χ3n) is 6.98. The Morgan fingerprint density at radius 3 is 2.62 bits per heavy atom. The number of rotatable bonds is 11. The van der Waals surface area contributed by atoms with E-state index in [1.54, 1.807) is 34.5 Å². The Hall–Kier alpha value is -2.87. The molecule has 202 valence electrons. The van der Waals surface area contributed by atoms with Crippen molar-refractivity contribution < 1.29 is 27.8 Å². The van der Waals surface area contributed by atoms with Gasteiger partial charge in [0.25, 0.3) is 0 Å². The number of aryl methyl sites for hydroxylation is 1. The third-order valence-corrected chi connectivity index (χ3v) is 7.99. The number of benzene rings is 1. The van der Waals surface area contributed by atoms with Gasteiger partial charge in [-0.05, 0) is 71.7 Å². The molecule has 10 nitrogen and oxygen atoms in total. The van der Waals surface area contributed by atoms with Crippen LogP contribution in [0.15, 0.2) is 42.1 Å². The summed E-state index contributed by atoms with van der Waals surface area (Å²) in [5, 5.41) is 28.0. The molecule has 1 fully saturated rings. The van der Waals surface area contributed by atoms with Crippen LogP contribution in [0, 0.1) is 17.3 Å². The summed E-state index contributed by atoms with van der Waals surface area (Å²) >= 11 is 1.57. The van der Waals surface area contributed by atoms with Crippen molar-refractivity contribution in [2.24, 2.45) is 24.3 Å². The summed E-state index contributed by atoms with van der Waals surface area (Å²) in [7, 11) is 1.80. The van der Waals surface area contributed by atoms with Crippen molar-refractivity contribution in [2.75, 3.05) is 12.4 Å². The lowest BCUT2D eigenvalue weighted by atomic mass is 9.62. The minimum Gasteiger partial charge on any atom is -0.494 e. The molecule has 0 radical (unpaired) electrons. The minimum atomic E-state index is -4.73. The Bertz CT molecular complexity index is 1110. The number of aromatic nitrogens is 7. The molecular formula is C23H30F3N7O3S. The third kappa shape index (κ3) is 7.34. The van der Waals surface area contributed by atoms with Gasteiger partial charge in [-0.1, -0.05) is 18.7 Å². The van der Waals surface area contributed by atoms with E-state index >= 15 is 0 Å². The Labute approximate surface area is 216 Å². The van der Waals surface area contributed by atoms with Crippen molar-refractivity contribution in [3.63, 3.8) is 0 Å².